The lowest BCUT2D eigenvalue weighted by Gasteiger charge is -2.17. The van der Waals surface area contributed by atoms with Gasteiger partial charge in [0.25, 0.3) is 5.91 Å². The lowest BCUT2D eigenvalue weighted by molar-refractivity contribution is -0.385. The molecule has 0 bridgehead atoms. The van der Waals surface area contributed by atoms with E-state index in [0.29, 0.717) is 13.1 Å². The van der Waals surface area contributed by atoms with Crippen molar-refractivity contribution >= 4 is 24.0 Å². The number of benzene rings is 1. The third-order valence-electron chi connectivity index (χ3n) is 2.54. The van der Waals surface area contributed by atoms with Crippen LogP contribution in [0.4, 0.5) is 5.69 Å². The Labute approximate surface area is 123 Å². The second-order valence-corrected chi connectivity index (χ2v) is 3.93. The Bertz CT molecular complexity index is 456. The zero-order chi connectivity index (χ0) is 14.3. The molecule has 0 aliphatic heterocycles. The molecule has 0 aliphatic carbocycles. The molecule has 0 unspecified atom stereocenters. The van der Waals surface area contributed by atoms with E-state index in [1.54, 1.807) is 26.2 Å². The van der Waals surface area contributed by atoms with Gasteiger partial charge in [0, 0.05) is 26.2 Å². The molecule has 112 valence electrons. The molecule has 8 heteroatoms. The summed E-state index contributed by atoms with van der Waals surface area (Å²) in [5, 5.41) is 13.7. The Morgan fingerprint density at radius 2 is 2.10 bits per heavy atom. The molecule has 0 atom stereocenters. The van der Waals surface area contributed by atoms with Gasteiger partial charge in [-0.1, -0.05) is 12.1 Å². The average molecular weight is 304 g/mol. The van der Waals surface area contributed by atoms with Crippen LogP contribution in [0.2, 0.25) is 0 Å². The minimum absolute atomic E-state index is 0. The van der Waals surface area contributed by atoms with Gasteiger partial charge in [-0.25, -0.2) is 0 Å². The number of nitrogens with zero attached hydrogens (tertiary/aromatic N) is 2. The fourth-order valence-corrected chi connectivity index (χ4v) is 1.38. The van der Waals surface area contributed by atoms with Gasteiger partial charge >= 0.3 is 5.69 Å². The third-order valence-corrected chi connectivity index (χ3v) is 2.54. The molecular weight excluding hydrogens is 286 g/mol. The molecule has 0 heterocycles. The first kappa shape index (κ1) is 18.1. The molecule has 1 aromatic rings. The highest BCUT2D eigenvalue weighted by Crippen LogP contribution is 2.25. The highest BCUT2D eigenvalue weighted by molar-refractivity contribution is 5.85. The van der Waals surface area contributed by atoms with Gasteiger partial charge in [0.2, 0.25) is 0 Å². The number of ether oxygens (including phenoxy) is 1. The first-order valence-electron chi connectivity index (χ1n) is 5.81. The summed E-state index contributed by atoms with van der Waals surface area (Å²) in [6, 6.07) is 5.98. The van der Waals surface area contributed by atoms with Crippen LogP contribution in [-0.2, 0) is 4.79 Å². The van der Waals surface area contributed by atoms with Crippen LogP contribution in [0.15, 0.2) is 24.3 Å². The Balaban J connectivity index is 0.00000361. The van der Waals surface area contributed by atoms with Crippen LogP contribution in [0.1, 0.15) is 0 Å². The highest BCUT2D eigenvalue weighted by atomic mass is 35.5. The number of halogens is 1. The number of carbonyl (C=O) groups is 1. The van der Waals surface area contributed by atoms with Gasteiger partial charge in [0.1, 0.15) is 0 Å². The number of nitro groups is 1. The zero-order valence-electron chi connectivity index (χ0n) is 11.4. The summed E-state index contributed by atoms with van der Waals surface area (Å²) in [5.41, 5.74) is -0.145. The van der Waals surface area contributed by atoms with Gasteiger partial charge in [-0.3, -0.25) is 14.9 Å². The van der Waals surface area contributed by atoms with Crippen molar-refractivity contribution in [1.29, 1.82) is 0 Å². The first-order chi connectivity index (χ1) is 9.06. The van der Waals surface area contributed by atoms with E-state index in [1.807, 2.05) is 0 Å². The van der Waals surface area contributed by atoms with E-state index in [9.17, 15) is 14.9 Å². The summed E-state index contributed by atoms with van der Waals surface area (Å²) in [5.74, 6) is -0.128. The van der Waals surface area contributed by atoms with Crippen LogP contribution < -0.4 is 10.1 Å². The fraction of sp³-hybridized carbons (Fsp3) is 0.417. The van der Waals surface area contributed by atoms with Crippen molar-refractivity contribution in [3.8, 4) is 5.75 Å². The molecule has 0 spiro atoms. The number of rotatable bonds is 7. The Hall–Kier alpha value is -1.86. The van der Waals surface area contributed by atoms with Crippen LogP contribution in [0.3, 0.4) is 0 Å². The third kappa shape index (κ3) is 5.41. The minimum Gasteiger partial charge on any atom is -0.477 e. The second-order valence-electron chi connectivity index (χ2n) is 3.93. The Morgan fingerprint density at radius 1 is 1.45 bits per heavy atom. The molecular formula is C12H18ClN3O4. The van der Waals surface area contributed by atoms with Crippen LogP contribution in [-0.4, -0.2) is 49.5 Å². The van der Waals surface area contributed by atoms with Crippen LogP contribution >= 0.6 is 12.4 Å². The second kappa shape index (κ2) is 9.11. The summed E-state index contributed by atoms with van der Waals surface area (Å²) < 4.78 is 5.21. The maximum atomic E-state index is 11.7. The molecule has 0 saturated heterocycles. The molecule has 0 radical (unpaired) electrons. The van der Waals surface area contributed by atoms with E-state index in [4.69, 9.17) is 4.74 Å². The number of nitrogens with one attached hydrogen (secondary N) is 1. The molecule has 1 amide bonds. The van der Waals surface area contributed by atoms with Gasteiger partial charge in [-0.05, 0) is 13.1 Å². The van der Waals surface area contributed by atoms with Crippen molar-refractivity contribution in [1.82, 2.24) is 10.2 Å². The SMILES string of the molecule is CNCCN(C)C(=O)COc1ccccc1[N+](=O)[O-].Cl. The molecule has 0 aliphatic rings. The lowest BCUT2D eigenvalue weighted by Crippen LogP contribution is -2.35. The van der Waals surface area contributed by atoms with Gasteiger partial charge in [0.05, 0.1) is 4.92 Å². The molecule has 1 N–H and O–H groups in total. The van der Waals surface area contributed by atoms with Crippen molar-refractivity contribution in [3.05, 3.63) is 34.4 Å². The van der Waals surface area contributed by atoms with Crippen LogP contribution in [0.25, 0.3) is 0 Å². The maximum Gasteiger partial charge on any atom is 0.310 e. The van der Waals surface area contributed by atoms with Crippen LogP contribution in [0.5, 0.6) is 5.75 Å². The van der Waals surface area contributed by atoms with Gasteiger partial charge in [0.15, 0.2) is 12.4 Å². The molecule has 0 saturated carbocycles. The number of amides is 1. The molecule has 0 fully saturated rings. The van der Waals surface area contributed by atoms with E-state index in [2.05, 4.69) is 5.32 Å². The van der Waals surface area contributed by atoms with Crippen molar-refractivity contribution in [3.63, 3.8) is 0 Å². The summed E-state index contributed by atoms with van der Waals surface area (Å²) in [6.07, 6.45) is 0. The quantitative estimate of drug-likeness (QED) is 0.602. The van der Waals surface area contributed by atoms with Gasteiger partial charge in [-0.15, -0.1) is 12.4 Å². The smallest absolute Gasteiger partial charge is 0.310 e. The van der Waals surface area contributed by atoms with Crippen LogP contribution in [0, 0.1) is 10.1 Å². The number of hydrogen-bond acceptors (Lipinski definition) is 5. The normalized spacial score (nSPS) is 9.50. The Kier molecular flexibility index (Phi) is 8.26. The van der Waals surface area contributed by atoms with Crippen molar-refractivity contribution in [2.24, 2.45) is 0 Å². The van der Waals surface area contributed by atoms with E-state index in [-0.39, 0.29) is 36.4 Å². The summed E-state index contributed by atoms with van der Waals surface area (Å²) in [6.45, 7) is 1.01. The van der Waals surface area contributed by atoms with Crippen molar-refractivity contribution < 1.29 is 14.5 Å². The first-order valence-corrected chi connectivity index (χ1v) is 5.81. The van der Waals surface area contributed by atoms with E-state index >= 15 is 0 Å². The number of hydrogen-bond donors (Lipinski definition) is 1. The molecule has 1 aromatic carbocycles. The fourth-order valence-electron chi connectivity index (χ4n) is 1.38. The van der Waals surface area contributed by atoms with Crippen molar-refractivity contribution in [2.45, 2.75) is 0 Å². The van der Waals surface area contributed by atoms with Crippen molar-refractivity contribution in [2.75, 3.05) is 33.8 Å². The average Bonchev–Trinajstić information content (AvgIpc) is 2.42. The predicted molar refractivity (Wildman–Crippen MR) is 77.4 cm³/mol. The number of likely N-dealkylation sites (N-methyl/N-ethyl adjacent to an activating group) is 2. The summed E-state index contributed by atoms with van der Waals surface area (Å²) in [4.78, 5) is 23.4. The molecule has 7 nitrogen and oxygen atoms in total. The highest BCUT2D eigenvalue weighted by Gasteiger charge is 2.16. The van der Waals surface area contributed by atoms with E-state index < -0.39 is 4.92 Å². The van der Waals surface area contributed by atoms with Gasteiger partial charge < -0.3 is 15.0 Å². The largest absolute Gasteiger partial charge is 0.477 e. The number of para-hydroxylation sites is 2. The van der Waals surface area contributed by atoms with E-state index in [0.717, 1.165) is 0 Å². The summed E-state index contributed by atoms with van der Waals surface area (Å²) >= 11 is 0. The number of nitro benzene ring substituents is 1. The summed E-state index contributed by atoms with van der Waals surface area (Å²) in [7, 11) is 3.45. The maximum absolute atomic E-state index is 11.7. The monoisotopic (exact) mass is 303 g/mol. The number of carbonyl (C=O) groups excluding carboxylic acids is 1. The molecule has 20 heavy (non-hydrogen) atoms. The van der Waals surface area contributed by atoms with Gasteiger partial charge in [-0.2, -0.15) is 0 Å². The lowest BCUT2D eigenvalue weighted by atomic mass is 10.3. The standard InChI is InChI=1S/C12H17N3O4.ClH/c1-13-7-8-14(2)12(16)9-19-11-6-4-3-5-10(11)15(17)18;/h3-6,13H,7-9H2,1-2H3;1H. The Morgan fingerprint density at radius 3 is 2.70 bits per heavy atom. The molecule has 0 aromatic heterocycles. The topological polar surface area (TPSA) is 84.7 Å². The minimum atomic E-state index is -0.537. The van der Waals surface area contributed by atoms with E-state index in [1.165, 1.54) is 17.0 Å². The predicted octanol–water partition coefficient (Wildman–Crippen LogP) is 1.07. The molecule has 1 rings (SSSR count). The zero-order valence-corrected chi connectivity index (χ0v) is 12.2.